The van der Waals surface area contributed by atoms with E-state index in [1.807, 2.05) is 6.07 Å². The molecule has 4 nitrogen and oxygen atoms in total. The van der Waals surface area contributed by atoms with E-state index in [-0.39, 0.29) is 24.3 Å². The lowest BCUT2D eigenvalue weighted by Gasteiger charge is -2.19. The molecule has 144 valence electrons. The van der Waals surface area contributed by atoms with Crippen LogP contribution >= 0.6 is 7.60 Å². The molecule has 0 aromatic heterocycles. The van der Waals surface area contributed by atoms with E-state index in [1.54, 1.807) is 26.0 Å². The second kappa shape index (κ2) is 12.5. The number of hydrogen-bond donors (Lipinski definition) is 1. The van der Waals surface area contributed by atoms with Gasteiger partial charge in [0.15, 0.2) is 0 Å². The molecule has 0 spiro atoms. The predicted octanol–water partition coefficient (Wildman–Crippen LogP) is 5.97. The summed E-state index contributed by atoms with van der Waals surface area (Å²) >= 11 is 0. The second-order valence-corrected chi connectivity index (χ2v) is 8.37. The van der Waals surface area contributed by atoms with Crippen LogP contribution in [-0.4, -0.2) is 18.3 Å². The molecular weight excluding hydrogens is 335 g/mol. The maximum atomic E-state index is 12.9. The highest BCUT2D eigenvalue weighted by Crippen LogP contribution is 2.49. The summed E-state index contributed by atoms with van der Waals surface area (Å²) in [6.07, 6.45) is 11.1. The third kappa shape index (κ3) is 7.94. The Bertz CT molecular complexity index is 520. The van der Waals surface area contributed by atoms with Gasteiger partial charge in [0.1, 0.15) is 11.1 Å². The third-order valence-corrected chi connectivity index (χ3v) is 6.40. The molecule has 0 bridgehead atoms. The van der Waals surface area contributed by atoms with Crippen molar-refractivity contribution in [3.05, 3.63) is 23.8 Å². The van der Waals surface area contributed by atoms with Crippen molar-refractivity contribution in [3.63, 3.8) is 0 Å². The molecular formula is C20H35O4P. The van der Waals surface area contributed by atoms with Crippen LogP contribution < -0.4 is 5.30 Å². The lowest BCUT2D eigenvalue weighted by Crippen LogP contribution is -2.12. The number of unbranched alkanes of at least 4 members (excludes halogenated alkanes) is 7. The molecule has 0 fully saturated rings. The van der Waals surface area contributed by atoms with Crippen molar-refractivity contribution >= 4 is 12.9 Å². The molecule has 0 aliphatic carbocycles. The Kier molecular flexibility index (Phi) is 11.1. The zero-order chi connectivity index (χ0) is 18.5. The molecule has 0 atom stereocenters. The van der Waals surface area contributed by atoms with E-state index in [4.69, 9.17) is 9.05 Å². The summed E-state index contributed by atoms with van der Waals surface area (Å²) in [6.45, 7) is 6.33. The molecule has 1 rings (SSSR count). The highest BCUT2D eigenvalue weighted by molar-refractivity contribution is 7.62. The fraction of sp³-hybridized carbons (Fsp3) is 0.700. The lowest BCUT2D eigenvalue weighted by molar-refractivity contribution is 0.229. The van der Waals surface area contributed by atoms with Crippen LogP contribution in [0.2, 0.25) is 0 Å². The normalized spacial score (nSPS) is 11.8. The molecule has 0 saturated heterocycles. The number of aryl methyl sites for hydroxylation is 1. The predicted molar refractivity (Wildman–Crippen MR) is 105 cm³/mol. The first kappa shape index (κ1) is 22.2. The van der Waals surface area contributed by atoms with Crippen molar-refractivity contribution in [1.82, 2.24) is 0 Å². The zero-order valence-corrected chi connectivity index (χ0v) is 17.0. The minimum Gasteiger partial charge on any atom is -0.507 e. The molecule has 1 aromatic rings. The Balaban J connectivity index is 2.55. The van der Waals surface area contributed by atoms with Crippen LogP contribution in [0.3, 0.4) is 0 Å². The van der Waals surface area contributed by atoms with Gasteiger partial charge in [-0.1, -0.05) is 57.9 Å². The summed E-state index contributed by atoms with van der Waals surface area (Å²) in [5.41, 5.74) is 1.07. The van der Waals surface area contributed by atoms with E-state index in [0.717, 1.165) is 18.4 Å². The Hall–Kier alpha value is -0.830. The largest absolute Gasteiger partial charge is 0.507 e. The van der Waals surface area contributed by atoms with E-state index in [0.29, 0.717) is 0 Å². The van der Waals surface area contributed by atoms with Gasteiger partial charge in [-0.2, -0.15) is 0 Å². The smallest absolute Gasteiger partial charge is 0.365 e. The average Bonchev–Trinajstić information content (AvgIpc) is 2.59. The van der Waals surface area contributed by atoms with Crippen LogP contribution in [0.25, 0.3) is 0 Å². The van der Waals surface area contributed by atoms with E-state index in [1.165, 1.54) is 44.9 Å². The summed E-state index contributed by atoms with van der Waals surface area (Å²) < 4.78 is 23.6. The summed E-state index contributed by atoms with van der Waals surface area (Å²) in [5, 5.41) is 10.4. The second-order valence-electron chi connectivity index (χ2n) is 6.38. The van der Waals surface area contributed by atoms with Gasteiger partial charge in [0.25, 0.3) is 0 Å². The number of benzene rings is 1. The molecule has 0 unspecified atom stereocenters. The van der Waals surface area contributed by atoms with E-state index in [2.05, 4.69) is 6.92 Å². The van der Waals surface area contributed by atoms with Gasteiger partial charge in [-0.3, -0.25) is 4.57 Å². The Morgan fingerprint density at radius 3 is 2.00 bits per heavy atom. The van der Waals surface area contributed by atoms with Crippen LogP contribution in [-0.2, 0) is 20.0 Å². The Morgan fingerprint density at radius 2 is 1.44 bits per heavy atom. The van der Waals surface area contributed by atoms with Crippen molar-refractivity contribution in [3.8, 4) is 5.75 Å². The molecule has 0 aliphatic heterocycles. The van der Waals surface area contributed by atoms with Crippen molar-refractivity contribution < 1.29 is 18.7 Å². The van der Waals surface area contributed by atoms with Crippen LogP contribution in [0, 0.1) is 0 Å². The number of rotatable bonds is 14. The summed E-state index contributed by atoms with van der Waals surface area (Å²) in [4.78, 5) is 0. The average molecular weight is 370 g/mol. The van der Waals surface area contributed by atoms with E-state index >= 15 is 0 Å². The quantitative estimate of drug-likeness (QED) is 0.324. The maximum Gasteiger partial charge on any atom is 0.365 e. The number of aromatic hydroxyl groups is 1. The van der Waals surface area contributed by atoms with Crippen LogP contribution in [0.15, 0.2) is 18.2 Å². The maximum absolute atomic E-state index is 12.9. The first-order valence-electron chi connectivity index (χ1n) is 9.79. The molecule has 0 amide bonds. The van der Waals surface area contributed by atoms with Gasteiger partial charge in [0.05, 0.1) is 13.2 Å². The monoisotopic (exact) mass is 370 g/mol. The molecule has 0 aliphatic rings. The van der Waals surface area contributed by atoms with Crippen LogP contribution in [0.1, 0.15) is 77.7 Å². The van der Waals surface area contributed by atoms with Crippen molar-refractivity contribution in [2.75, 3.05) is 13.2 Å². The van der Waals surface area contributed by atoms with E-state index in [9.17, 15) is 9.67 Å². The van der Waals surface area contributed by atoms with Gasteiger partial charge in [-0.15, -0.1) is 0 Å². The number of phenols is 1. The van der Waals surface area contributed by atoms with Crippen molar-refractivity contribution in [2.24, 2.45) is 0 Å². The molecule has 0 radical (unpaired) electrons. The fourth-order valence-electron chi connectivity index (χ4n) is 2.92. The zero-order valence-electron chi connectivity index (χ0n) is 16.1. The minimum atomic E-state index is -3.45. The molecule has 0 saturated carbocycles. The van der Waals surface area contributed by atoms with Gasteiger partial charge in [-0.05, 0) is 44.4 Å². The van der Waals surface area contributed by atoms with Crippen LogP contribution in [0.5, 0.6) is 5.75 Å². The topological polar surface area (TPSA) is 55.8 Å². The summed E-state index contributed by atoms with van der Waals surface area (Å²) in [6, 6.07) is 5.27. The molecule has 5 heteroatoms. The highest BCUT2D eigenvalue weighted by atomic mass is 31.2. The van der Waals surface area contributed by atoms with Gasteiger partial charge in [0.2, 0.25) is 0 Å². The van der Waals surface area contributed by atoms with Gasteiger partial charge >= 0.3 is 7.60 Å². The van der Waals surface area contributed by atoms with Gasteiger partial charge < -0.3 is 14.2 Å². The number of phenolic OH excluding ortho intramolecular Hbond substituents is 1. The summed E-state index contributed by atoms with van der Waals surface area (Å²) in [5.74, 6) is -0.0232. The first-order chi connectivity index (χ1) is 12.1. The summed E-state index contributed by atoms with van der Waals surface area (Å²) in [7, 11) is -3.45. The lowest BCUT2D eigenvalue weighted by atomic mass is 10.0. The van der Waals surface area contributed by atoms with E-state index < -0.39 is 7.60 Å². The van der Waals surface area contributed by atoms with Crippen LogP contribution in [0.4, 0.5) is 0 Å². The number of hydrogen-bond acceptors (Lipinski definition) is 4. The first-order valence-corrected chi connectivity index (χ1v) is 11.3. The SMILES string of the molecule is CCCCCCCCCCc1ccc(O)c(P(=O)(OCC)OCC)c1. The van der Waals surface area contributed by atoms with Crippen molar-refractivity contribution in [2.45, 2.75) is 78.6 Å². The van der Waals surface area contributed by atoms with Gasteiger partial charge in [-0.25, -0.2) is 0 Å². The van der Waals surface area contributed by atoms with Gasteiger partial charge in [0, 0.05) is 0 Å². The molecule has 25 heavy (non-hydrogen) atoms. The molecule has 0 heterocycles. The van der Waals surface area contributed by atoms with Crippen molar-refractivity contribution in [1.29, 1.82) is 0 Å². The third-order valence-electron chi connectivity index (χ3n) is 4.25. The Morgan fingerprint density at radius 1 is 0.880 bits per heavy atom. The molecule has 1 N–H and O–H groups in total. The standard InChI is InChI=1S/C20H35O4P/c1-4-7-8-9-10-11-12-13-14-18-15-16-19(21)20(17-18)25(22,23-5-2)24-6-3/h15-17,21H,4-14H2,1-3H3. The highest BCUT2D eigenvalue weighted by Gasteiger charge is 2.30. The minimum absolute atomic E-state index is 0.0232. The molecule has 1 aromatic carbocycles. The Labute approximate surface area is 153 Å². The fourth-order valence-corrected chi connectivity index (χ4v) is 4.63.